The number of carbonyl (C=O) groups is 2. The van der Waals surface area contributed by atoms with Crippen LogP contribution in [-0.2, 0) is 16.0 Å². The molecular formula is C18H25NO5S. The molecule has 0 bridgehead atoms. The molecule has 1 aromatic rings. The number of benzene rings is 1. The molecule has 0 radical (unpaired) electrons. The number of hydrogen-bond donors (Lipinski definition) is 1. The zero-order valence-corrected chi connectivity index (χ0v) is 15.9. The van der Waals surface area contributed by atoms with Crippen molar-refractivity contribution in [1.82, 2.24) is 0 Å². The first kappa shape index (κ1) is 19.4. The van der Waals surface area contributed by atoms with Gasteiger partial charge in [0.15, 0.2) is 0 Å². The van der Waals surface area contributed by atoms with Crippen LogP contribution in [0.2, 0.25) is 0 Å². The van der Waals surface area contributed by atoms with Gasteiger partial charge in [-0.2, -0.15) is 0 Å². The lowest BCUT2D eigenvalue weighted by Gasteiger charge is -2.27. The molecule has 6 nitrogen and oxygen atoms in total. The van der Waals surface area contributed by atoms with Crippen LogP contribution in [-0.4, -0.2) is 35.6 Å². The summed E-state index contributed by atoms with van der Waals surface area (Å²) in [6.07, 6.45) is 3.45. The van der Waals surface area contributed by atoms with Gasteiger partial charge in [-0.15, -0.1) is 0 Å². The van der Waals surface area contributed by atoms with E-state index in [4.69, 9.17) is 14.6 Å². The highest BCUT2D eigenvalue weighted by Crippen LogP contribution is 2.36. The van der Waals surface area contributed by atoms with Crippen LogP contribution >= 0.6 is 11.9 Å². The Labute approximate surface area is 152 Å². The number of amides is 1. The standard InChI is InChI=1S/C18H25NO5S/c1-18(2,3)24-17(22)19(25-4)14-9-13(10-16(20)21)7-8-15(14)23-11-12-5-6-12/h7-9,12H,5-6,10-11H2,1-4H3,(H,20,21). The summed E-state index contributed by atoms with van der Waals surface area (Å²) in [7, 11) is 0. The van der Waals surface area contributed by atoms with Crippen LogP contribution in [0.25, 0.3) is 0 Å². The summed E-state index contributed by atoms with van der Waals surface area (Å²) in [6.45, 7) is 6.00. The molecule has 1 amide bonds. The molecule has 25 heavy (non-hydrogen) atoms. The van der Waals surface area contributed by atoms with Gasteiger partial charge in [0.2, 0.25) is 0 Å². The normalized spacial score (nSPS) is 14.1. The maximum absolute atomic E-state index is 12.5. The highest BCUT2D eigenvalue weighted by Gasteiger charge is 2.27. The summed E-state index contributed by atoms with van der Waals surface area (Å²) in [5, 5.41) is 9.03. The number of carboxylic acids is 1. The molecule has 0 saturated heterocycles. The van der Waals surface area contributed by atoms with Crippen molar-refractivity contribution in [3.8, 4) is 5.75 Å². The van der Waals surface area contributed by atoms with Gasteiger partial charge in [0.25, 0.3) is 0 Å². The monoisotopic (exact) mass is 367 g/mol. The lowest BCUT2D eigenvalue weighted by atomic mass is 10.1. The lowest BCUT2D eigenvalue weighted by Crippen LogP contribution is -2.32. The fourth-order valence-electron chi connectivity index (χ4n) is 2.20. The Morgan fingerprint density at radius 2 is 2.00 bits per heavy atom. The number of hydrogen-bond acceptors (Lipinski definition) is 5. The van der Waals surface area contributed by atoms with E-state index >= 15 is 0 Å². The van der Waals surface area contributed by atoms with Crippen molar-refractivity contribution in [2.45, 2.75) is 45.6 Å². The molecule has 1 aliphatic carbocycles. The predicted molar refractivity (Wildman–Crippen MR) is 98.2 cm³/mol. The molecule has 138 valence electrons. The summed E-state index contributed by atoms with van der Waals surface area (Å²) in [6, 6.07) is 5.12. The smallest absolute Gasteiger partial charge is 0.425 e. The van der Waals surface area contributed by atoms with Crippen LogP contribution in [0.15, 0.2) is 18.2 Å². The fraction of sp³-hybridized carbons (Fsp3) is 0.556. The minimum atomic E-state index is -0.925. The number of carboxylic acid groups (broad SMARTS) is 1. The van der Waals surface area contributed by atoms with Gasteiger partial charge in [0.05, 0.1) is 13.0 Å². The van der Waals surface area contributed by atoms with Crippen LogP contribution in [0, 0.1) is 5.92 Å². The van der Waals surface area contributed by atoms with Gasteiger partial charge in [-0.25, -0.2) is 9.10 Å². The molecule has 1 aromatic carbocycles. The Kier molecular flexibility index (Phi) is 6.21. The quantitative estimate of drug-likeness (QED) is 0.731. The van der Waals surface area contributed by atoms with Gasteiger partial charge in [0.1, 0.15) is 17.0 Å². The topological polar surface area (TPSA) is 76.1 Å². The fourth-order valence-corrected chi connectivity index (χ4v) is 2.72. The maximum Gasteiger partial charge on any atom is 0.425 e. The minimum absolute atomic E-state index is 0.119. The largest absolute Gasteiger partial charge is 0.491 e. The summed E-state index contributed by atoms with van der Waals surface area (Å²) < 4.78 is 12.7. The van der Waals surface area contributed by atoms with E-state index in [0.29, 0.717) is 29.5 Å². The highest BCUT2D eigenvalue weighted by molar-refractivity contribution is 8.00. The predicted octanol–water partition coefficient (Wildman–Crippen LogP) is 4.12. The summed E-state index contributed by atoms with van der Waals surface area (Å²) >= 11 is 1.19. The summed E-state index contributed by atoms with van der Waals surface area (Å²) in [5.41, 5.74) is 0.490. The lowest BCUT2D eigenvalue weighted by molar-refractivity contribution is -0.136. The van der Waals surface area contributed by atoms with E-state index in [-0.39, 0.29) is 6.42 Å². The molecule has 0 aliphatic heterocycles. The Morgan fingerprint density at radius 1 is 1.32 bits per heavy atom. The Bertz CT molecular complexity index is 637. The van der Waals surface area contributed by atoms with Gasteiger partial charge in [-0.05, 0) is 69.2 Å². The molecule has 0 spiro atoms. The average Bonchev–Trinajstić information content (AvgIpc) is 3.29. The van der Waals surface area contributed by atoms with Gasteiger partial charge in [-0.3, -0.25) is 4.79 Å². The van der Waals surface area contributed by atoms with E-state index < -0.39 is 17.7 Å². The Hall–Kier alpha value is -1.89. The molecular weight excluding hydrogens is 342 g/mol. The van der Waals surface area contributed by atoms with Crippen molar-refractivity contribution in [3.63, 3.8) is 0 Å². The van der Waals surface area contributed by atoms with Gasteiger partial charge in [-0.1, -0.05) is 6.07 Å². The molecule has 1 saturated carbocycles. The Balaban J connectivity index is 2.29. The number of ether oxygens (including phenoxy) is 2. The number of anilines is 1. The average molecular weight is 367 g/mol. The summed E-state index contributed by atoms with van der Waals surface area (Å²) in [5.74, 6) is 0.197. The van der Waals surface area contributed by atoms with Crippen LogP contribution in [0.1, 0.15) is 39.2 Å². The van der Waals surface area contributed by atoms with Crippen molar-refractivity contribution >= 4 is 29.7 Å². The maximum atomic E-state index is 12.5. The zero-order valence-electron chi connectivity index (χ0n) is 15.1. The molecule has 1 fully saturated rings. The van der Waals surface area contributed by atoms with E-state index in [1.807, 2.05) is 0 Å². The van der Waals surface area contributed by atoms with Crippen molar-refractivity contribution in [3.05, 3.63) is 23.8 Å². The van der Waals surface area contributed by atoms with E-state index in [1.54, 1.807) is 45.2 Å². The Morgan fingerprint density at radius 3 is 2.52 bits per heavy atom. The molecule has 0 unspecified atom stereocenters. The van der Waals surface area contributed by atoms with Crippen molar-refractivity contribution in [2.24, 2.45) is 5.92 Å². The molecule has 0 aromatic heterocycles. The third kappa shape index (κ3) is 6.16. The highest BCUT2D eigenvalue weighted by atomic mass is 32.2. The van der Waals surface area contributed by atoms with E-state index in [9.17, 15) is 9.59 Å². The van der Waals surface area contributed by atoms with E-state index in [1.165, 1.54) is 16.3 Å². The first-order chi connectivity index (χ1) is 11.7. The molecule has 2 rings (SSSR count). The molecule has 1 N–H and O–H groups in total. The molecule has 1 aliphatic rings. The SMILES string of the molecule is CSN(C(=O)OC(C)(C)C)c1cc(CC(=O)O)ccc1OCC1CC1. The third-order valence-electron chi connectivity index (χ3n) is 3.51. The zero-order chi connectivity index (χ0) is 18.6. The minimum Gasteiger partial charge on any atom is -0.491 e. The molecule has 0 heterocycles. The van der Waals surface area contributed by atoms with E-state index in [2.05, 4.69) is 0 Å². The van der Waals surface area contributed by atoms with Crippen LogP contribution < -0.4 is 9.04 Å². The molecule has 0 atom stereocenters. The second-order valence-corrected chi connectivity index (χ2v) is 7.81. The van der Waals surface area contributed by atoms with E-state index in [0.717, 1.165) is 12.8 Å². The number of aliphatic carboxylic acids is 1. The summed E-state index contributed by atoms with van der Waals surface area (Å²) in [4.78, 5) is 23.5. The second kappa shape index (κ2) is 7.99. The molecule has 7 heteroatoms. The first-order valence-corrected chi connectivity index (χ1v) is 9.42. The third-order valence-corrected chi connectivity index (χ3v) is 4.22. The number of rotatable bonds is 7. The number of carbonyl (C=O) groups excluding carboxylic acids is 1. The van der Waals surface area contributed by atoms with Crippen molar-refractivity contribution in [1.29, 1.82) is 0 Å². The number of nitrogens with zero attached hydrogens (tertiary/aromatic N) is 1. The van der Waals surface area contributed by atoms with Crippen molar-refractivity contribution < 1.29 is 24.2 Å². The first-order valence-electron chi connectivity index (χ1n) is 8.24. The van der Waals surface area contributed by atoms with Crippen molar-refractivity contribution in [2.75, 3.05) is 17.2 Å². The van der Waals surface area contributed by atoms with Gasteiger partial charge in [0, 0.05) is 6.26 Å². The van der Waals surface area contributed by atoms with Crippen LogP contribution in [0.3, 0.4) is 0 Å². The van der Waals surface area contributed by atoms with Crippen LogP contribution in [0.4, 0.5) is 10.5 Å². The second-order valence-electron chi connectivity index (χ2n) is 7.08. The van der Waals surface area contributed by atoms with Gasteiger partial charge < -0.3 is 14.6 Å². The van der Waals surface area contributed by atoms with Crippen LogP contribution in [0.5, 0.6) is 5.75 Å². The van der Waals surface area contributed by atoms with Gasteiger partial charge >= 0.3 is 12.1 Å².